The zero-order valence-corrected chi connectivity index (χ0v) is 12.5. The van der Waals surface area contributed by atoms with Gasteiger partial charge in [-0.15, -0.1) is 0 Å². The molecule has 0 aromatic heterocycles. The largest absolute Gasteiger partial charge is 0.341 e. The van der Waals surface area contributed by atoms with E-state index in [1.165, 1.54) is 16.7 Å². The summed E-state index contributed by atoms with van der Waals surface area (Å²) in [6.45, 7) is 11.2. The second-order valence-corrected chi connectivity index (χ2v) is 6.41. The quantitative estimate of drug-likeness (QED) is 0.797. The fourth-order valence-electron chi connectivity index (χ4n) is 1.85. The minimum Gasteiger partial charge on any atom is -0.341 e. The zero-order chi connectivity index (χ0) is 13.9. The second-order valence-electron chi connectivity index (χ2n) is 6.41. The molecule has 0 aliphatic carbocycles. The maximum Gasteiger partial charge on any atom is 0.223 e. The molecule has 0 fully saturated rings. The Bertz CT molecular complexity index is 429. The van der Waals surface area contributed by atoms with Gasteiger partial charge < -0.3 is 4.90 Å². The summed E-state index contributed by atoms with van der Waals surface area (Å²) in [4.78, 5) is 13.9. The van der Waals surface area contributed by atoms with E-state index in [4.69, 9.17) is 0 Å². The number of carbonyl (C=O) groups is 1. The number of rotatable bonds is 3. The summed E-state index contributed by atoms with van der Waals surface area (Å²) >= 11 is 0. The molecular formula is C16H25NO. The van der Waals surface area contributed by atoms with Gasteiger partial charge in [0.05, 0.1) is 0 Å². The molecule has 0 aliphatic rings. The van der Waals surface area contributed by atoms with Crippen molar-refractivity contribution < 1.29 is 4.79 Å². The first-order valence-electron chi connectivity index (χ1n) is 6.49. The van der Waals surface area contributed by atoms with Gasteiger partial charge in [0.15, 0.2) is 0 Å². The molecule has 0 N–H and O–H groups in total. The first-order chi connectivity index (χ1) is 8.19. The highest BCUT2D eigenvalue weighted by molar-refractivity contribution is 5.76. The van der Waals surface area contributed by atoms with Gasteiger partial charge in [-0.05, 0) is 36.0 Å². The number of hydrogen-bond acceptors (Lipinski definition) is 1. The Kier molecular flexibility index (Phi) is 4.55. The van der Waals surface area contributed by atoms with Crippen molar-refractivity contribution in [3.8, 4) is 0 Å². The number of hydrogen-bond donors (Lipinski definition) is 0. The van der Waals surface area contributed by atoms with Crippen LogP contribution in [-0.4, -0.2) is 17.9 Å². The lowest BCUT2D eigenvalue weighted by Gasteiger charge is -2.23. The SMILES string of the molecule is Cc1ccc(CN(C)C(=O)CC(C)(C)C)cc1C. The van der Waals surface area contributed by atoms with Crippen LogP contribution >= 0.6 is 0 Å². The van der Waals surface area contributed by atoms with Gasteiger partial charge >= 0.3 is 0 Å². The van der Waals surface area contributed by atoms with Gasteiger partial charge in [-0.3, -0.25) is 4.79 Å². The van der Waals surface area contributed by atoms with Crippen LogP contribution in [0.5, 0.6) is 0 Å². The smallest absolute Gasteiger partial charge is 0.223 e. The number of carbonyl (C=O) groups excluding carboxylic acids is 1. The second kappa shape index (κ2) is 5.55. The highest BCUT2D eigenvalue weighted by atomic mass is 16.2. The molecule has 100 valence electrons. The number of nitrogens with zero attached hydrogens (tertiary/aromatic N) is 1. The van der Waals surface area contributed by atoms with Crippen molar-refractivity contribution in [2.24, 2.45) is 5.41 Å². The van der Waals surface area contributed by atoms with Crippen molar-refractivity contribution in [2.45, 2.75) is 47.6 Å². The molecule has 2 nitrogen and oxygen atoms in total. The Balaban J connectivity index is 2.66. The van der Waals surface area contributed by atoms with Gasteiger partial charge in [-0.25, -0.2) is 0 Å². The Morgan fingerprint density at radius 1 is 1.17 bits per heavy atom. The van der Waals surface area contributed by atoms with Crippen LogP contribution < -0.4 is 0 Å². The molecule has 0 aliphatic heterocycles. The van der Waals surface area contributed by atoms with E-state index in [0.717, 1.165) is 0 Å². The molecule has 1 aromatic carbocycles. The maximum atomic E-state index is 12.0. The van der Waals surface area contributed by atoms with E-state index in [2.05, 4.69) is 52.8 Å². The fourth-order valence-corrected chi connectivity index (χ4v) is 1.85. The summed E-state index contributed by atoms with van der Waals surface area (Å²) in [5.41, 5.74) is 3.82. The number of benzene rings is 1. The molecule has 18 heavy (non-hydrogen) atoms. The summed E-state index contributed by atoms with van der Waals surface area (Å²) in [7, 11) is 1.88. The molecule has 1 amide bonds. The van der Waals surface area contributed by atoms with Gasteiger partial charge in [-0.2, -0.15) is 0 Å². The highest BCUT2D eigenvalue weighted by Gasteiger charge is 2.18. The van der Waals surface area contributed by atoms with Crippen molar-refractivity contribution in [3.05, 3.63) is 34.9 Å². The fraction of sp³-hybridized carbons (Fsp3) is 0.562. The van der Waals surface area contributed by atoms with Crippen LogP contribution in [0.3, 0.4) is 0 Å². The summed E-state index contributed by atoms with van der Waals surface area (Å²) in [5.74, 6) is 0.209. The van der Waals surface area contributed by atoms with Crippen LogP contribution in [0, 0.1) is 19.3 Å². The van der Waals surface area contributed by atoms with Crippen LogP contribution in [0.2, 0.25) is 0 Å². The van der Waals surface area contributed by atoms with Crippen LogP contribution in [0.4, 0.5) is 0 Å². The molecule has 1 aromatic rings. The molecular weight excluding hydrogens is 222 g/mol. The van der Waals surface area contributed by atoms with Gasteiger partial charge in [0, 0.05) is 20.0 Å². The lowest BCUT2D eigenvalue weighted by Crippen LogP contribution is -2.29. The molecule has 2 heteroatoms. The van der Waals surface area contributed by atoms with Crippen LogP contribution in [0.1, 0.15) is 43.9 Å². The van der Waals surface area contributed by atoms with Crippen molar-refractivity contribution in [1.82, 2.24) is 4.90 Å². The van der Waals surface area contributed by atoms with Gasteiger partial charge in [-0.1, -0.05) is 39.0 Å². The van der Waals surface area contributed by atoms with E-state index in [1.807, 2.05) is 11.9 Å². The number of amides is 1. The van der Waals surface area contributed by atoms with Crippen LogP contribution in [0.25, 0.3) is 0 Å². The summed E-state index contributed by atoms with van der Waals surface area (Å²) < 4.78 is 0. The standard InChI is InChI=1S/C16H25NO/c1-12-7-8-14(9-13(12)2)11-17(6)15(18)10-16(3,4)5/h7-9H,10-11H2,1-6H3. The molecule has 0 heterocycles. The Hall–Kier alpha value is -1.31. The molecule has 0 spiro atoms. The van der Waals surface area contributed by atoms with E-state index < -0.39 is 0 Å². The molecule has 0 saturated heterocycles. The first-order valence-corrected chi connectivity index (χ1v) is 6.49. The van der Waals surface area contributed by atoms with Crippen molar-refractivity contribution in [1.29, 1.82) is 0 Å². The molecule has 0 bridgehead atoms. The van der Waals surface area contributed by atoms with Gasteiger partial charge in [0.2, 0.25) is 5.91 Å². The lowest BCUT2D eigenvalue weighted by molar-refractivity contribution is -0.132. The maximum absolute atomic E-state index is 12.0. The zero-order valence-electron chi connectivity index (χ0n) is 12.5. The third kappa shape index (κ3) is 4.52. The Morgan fingerprint density at radius 3 is 2.28 bits per heavy atom. The minimum atomic E-state index is 0.0501. The van der Waals surface area contributed by atoms with Crippen LogP contribution in [-0.2, 0) is 11.3 Å². The summed E-state index contributed by atoms with van der Waals surface area (Å²) in [6.07, 6.45) is 0.592. The minimum absolute atomic E-state index is 0.0501. The highest BCUT2D eigenvalue weighted by Crippen LogP contribution is 2.20. The number of aryl methyl sites for hydroxylation is 2. The van der Waals surface area contributed by atoms with E-state index in [-0.39, 0.29) is 11.3 Å². The normalized spacial score (nSPS) is 11.4. The first kappa shape index (κ1) is 14.7. The lowest BCUT2D eigenvalue weighted by atomic mass is 9.91. The molecule has 0 atom stereocenters. The Labute approximate surface area is 111 Å². The predicted octanol–water partition coefficient (Wildman–Crippen LogP) is 3.70. The van der Waals surface area contributed by atoms with E-state index >= 15 is 0 Å². The van der Waals surface area contributed by atoms with E-state index in [9.17, 15) is 4.79 Å². The third-order valence-corrected chi connectivity index (χ3v) is 3.10. The van der Waals surface area contributed by atoms with Gasteiger partial charge in [0.25, 0.3) is 0 Å². The average Bonchev–Trinajstić information content (AvgIpc) is 2.21. The van der Waals surface area contributed by atoms with Crippen molar-refractivity contribution in [3.63, 3.8) is 0 Å². The van der Waals surface area contributed by atoms with E-state index in [0.29, 0.717) is 13.0 Å². The monoisotopic (exact) mass is 247 g/mol. The Morgan fingerprint density at radius 2 is 1.78 bits per heavy atom. The van der Waals surface area contributed by atoms with Crippen molar-refractivity contribution in [2.75, 3.05) is 7.05 Å². The third-order valence-electron chi connectivity index (χ3n) is 3.10. The molecule has 0 unspecified atom stereocenters. The molecule has 0 saturated carbocycles. The summed E-state index contributed by atoms with van der Waals surface area (Å²) in [5, 5.41) is 0. The topological polar surface area (TPSA) is 20.3 Å². The summed E-state index contributed by atoms with van der Waals surface area (Å²) in [6, 6.07) is 6.38. The molecule has 1 rings (SSSR count). The average molecular weight is 247 g/mol. The predicted molar refractivity (Wildman–Crippen MR) is 76.5 cm³/mol. The molecule has 0 radical (unpaired) electrons. The van der Waals surface area contributed by atoms with Crippen molar-refractivity contribution >= 4 is 5.91 Å². The van der Waals surface area contributed by atoms with E-state index in [1.54, 1.807) is 0 Å². The van der Waals surface area contributed by atoms with Crippen LogP contribution in [0.15, 0.2) is 18.2 Å². The van der Waals surface area contributed by atoms with Gasteiger partial charge in [0.1, 0.15) is 0 Å².